The summed E-state index contributed by atoms with van der Waals surface area (Å²) in [6.45, 7) is 4.36. The van der Waals surface area contributed by atoms with Crippen LogP contribution in [0.25, 0.3) is 0 Å². The SMILES string of the molecule is CN=C(NCC(c1cnn(C)c1)N(C)C)N1CCC(OCC2CCCCO2)CC1. The second-order valence-electron chi connectivity index (χ2n) is 8.36. The van der Waals surface area contributed by atoms with Gasteiger partial charge in [-0.05, 0) is 46.2 Å². The van der Waals surface area contributed by atoms with Crippen LogP contribution in [0.4, 0.5) is 0 Å². The van der Waals surface area contributed by atoms with Gasteiger partial charge in [-0.1, -0.05) is 0 Å². The zero-order chi connectivity index (χ0) is 20.6. The van der Waals surface area contributed by atoms with E-state index in [2.05, 4.69) is 45.5 Å². The number of piperidine rings is 1. The molecule has 29 heavy (non-hydrogen) atoms. The Morgan fingerprint density at radius 2 is 2.14 bits per heavy atom. The van der Waals surface area contributed by atoms with E-state index in [1.54, 1.807) is 0 Å². The number of aryl methyl sites for hydroxylation is 1. The standard InChI is InChI=1S/C21H38N6O2/c1-22-21(23-14-20(25(2)3)17-13-24-26(4)15-17)27-10-8-18(9-11-27)29-16-19-7-5-6-12-28-19/h13,15,18-20H,5-12,14,16H2,1-4H3,(H,22,23). The molecule has 2 unspecified atom stereocenters. The molecule has 1 N–H and O–H groups in total. The van der Waals surface area contributed by atoms with Gasteiger partial charge in [-0.2, -0.15) is 5.10 Å². The minimum Gasteiger partial charge on any atom is -0.376 e. The molecule has 164 valence electrons. The topological polar surface area (TPSA) is 67.2 Å². The Kier molecular flexibility index (Phi) is 8.32. The van der Waals surface area contributed by atoms with Gasteiger partial charge in [0.05, 0.1) is 31.1 Å². The van der Waals surface area contributed by atoms with Crippen LogP contribution in [0, 0.1) is 0 Å². The zero-order valence-corrected chi connectivity index (χ0v) is 18.5. The van der Waals surface area contributed by atoms with E-state index in [1.165, 1.54) is 18.4 Å². The Hall–Kier alpha value is -1.64. The number of aliphatic imine (C=N–C) groups is 1. The molecule has 2 aliphatic heterocycles. The van der Waals surface area contributed by atoms with Crippen LogP contribution in [0.3, 0.4) is 0 Å². The Morgan fingerprint density at radius 1 is 1.34 bits per heavy atom. The van der Waals surface area contributed by atoms with Gasteiger partial charge in [0.15, 0.2) is 5.96 Å². The second kappa shape index (κ2) is 10.9. The molecule has 2 aliphatic rings. The van der Waals surface area contributed by atoms with Gasteiger partial charge >= 0.3 is 0 Å². The Morgan fingerprint density at radius 3 is 2.72 bits per heavy atom. The van der Waals surface area contributed by atoms with Crippen LogP contribution in [0.2, 0.25) is 0 Å². The van der Waals surface area contributed by atoms with Crippen LogP contribution in [-0.4, -0.2) is 91.7 Å². The third kappa shape index (κ3) is 6.42. The van der Waals surface area contributed by atoms with Gasteiger partial charge in [-0.15, -0.1) is 0 Å². The lowest BCUT2D eigenvalue weighted by Gasteiger charge is -2.35. The quantitative estimate of drug-likeness (QED) is 0.549. The van der Waals surface area contributed by atoms with E-state index in [4.69, 9.17) is 9.47 Å². The fourth-order valence-corrected chi connectivity index (χ4v) is 4.15. The van der Waals surface area contributed by atoms with Crippen molar-refractivity contribution in [1.29, 1.82) is 0 Å². The van der Waals surface area contributed by atoms with Crippen LogP contribution in [0.1, 0.15) is 43.7 Å². The van der Waals surface area contributed by atoms with Gasteiger partial charge in [0.2, 0.25) is 0 Å². The van der Waals surface area contributed by atoms with E-state index >= 15 is 0 Å². The van der Waals surface area contributed by atoms with Crippen LogP contribution in [-0.2, 0) is 16.5 Å². The first-order chi connectivity index (χ1) is 14.1. The molecule has 0 spiro atoms. The fourth-order valence-electron chi connectivity index (χ4n) is 4.15. The maximum absolute atomic E-state index is 6.15. The first-order valence-corrected chi connectivity index (χ1v) is 10.9. The minimum absolute atomic E-state index is 0.247. The molecule has 8 heteroatoms. The molecule has 3 heterocycles. The molecule has 0 saturated carbocycles. The van der Waals surface area contributed by atoms with Crippen molar-refractivity contribution in [2.75, 3.05) is 54.0 Å². The van der Waals surface area contributed by atoms with Crippen molar-refractivity contribution in [3.05, 3.63) is 18.0 Å². The maximum Gasteiger partial charge on any atom is 0.193 e. The predicted molar refractivity (Wildman–Crippen MR) is 115 cm³/mol. The third-order valence-corrected chi connectivity index (χ3v) is 5.93. The number of nitrogens with zero attached hydrogens (tertiary/aromatic N) is 5. The van der Waals surface area contributed by atoms with Crippen molar-refractivity contribution in [1.82, 2.24) is 24.9 Å². The maximum atomic E-state index is 6.15. The van der Waals surface area contributed by atoms with Crippen molar-refractivity contribution in [3.8, 4) is 0 Å². The van der Waals surface area contributed by atoms with Gasteiger partial charge in [-0.25, -0.2) is 0 Å². The van der Waals surface area contributed by atoms with Crippen molar-refractivity contribution >= 4 is 5.96 Å². The summed E-state index contributed by atoms with van der Waals surface area (Å²) in [6.07, 6.45) is 10.3. The lowest BCUT2D eigenvalue weighted by atomic mass is 10.1. The molecular weight excluding hydrogens is 368 g/mol. The summed E-state index contributed by atoms with van der Waals surface area (Å²) in [5, 5.41) is 7.88. The van der Waals surface area contributed by atoms with Crippen molar-refractivity contribution in [2.45, 2.75) is 50.4 Å². The summed E-state index contributed by atoms with van der Waals surface area (Å²) in [6, 6.07) is 0.247. The molecule has 0 amide bonds. The van der Waals surface area contributed by atoms with Gasteiger partial charge in [0.1, 0.15) is 0 Å². The summed E-state index contributed by atoms with van der Waals surface area (Å²) in [5.74, 6) is 0.967. The van der Waals surface area contributed by atoms with Crippen LogP contribution < -0.4 is 5.32 Å². The van der Waals surface area contributed by atoms with Crippen LogP contribution >= 0.6 is 0 Å². The first-order valence-electron chi connectivity index (χ1n) is 10.9. The average molecular weight is 407 g/mol. The van der Waals surface area contributed by atoms with Gasteiger partial charge < -0.3 is 24.6 Å². The Balaban J connectivity index is 1.43. The van der Waals surface area contributed by atoms with E-state index in [9.17, 15) is 0 Å². The van der Waals surface area contributed by atoms with Crippen molar-refractivity contribution in [2.24, 2.45) is 12.0 Å². The zero-order valence-electron chi connectivity index (χ0n) is 18.5. The van der Waals surface area contributed by atoms with Crippen LogP contribution in [0.5, 0.6) is 0 Å². The molecule has 1 aromatic rings. The van der Waals surface area contributed by atoms with E-state index in [-0.39, 0.29) is 6.04 Å². The smallest absolute Gasteiger partial charge is 0.193 e. The lowest BCUT2D eigenvalue weighted by molar-refractivity contribution is -0.0721. The number of likely N-dealkylation sites (N-methyl/N-ethyl adjacent to an activating group) is 1. The van der Waals surface area contributed by atoms with Gasteiger partial charge in [0.25, 0.3) is 0 Å². The number of nitrogens with one attached hydrogen (secondary N) is 1. The molecule has 0 radical (unpaired) electrons. The molecule has 0 aromatic carbocycles. The highest BCUT2D eigenvalue weighted by Gasteiger charge is 2.24. The van der Waals surface area contributed by atoms with Crippen LogP contribution in [0.15, 0.2) is 17.4 Å². The van der Waals surface area contributed by atoms with Gasteiger partial charge in [0, 0.05) is 52.1 Å². The highest BCUT2D eigenvalue weighted by Crippen LogP contribution is 2.19. The molecule has 8 nitrogen and oxygen atoms in total. The molecule has 0 aliphatic carbocycles. The molecule has 2 fully saturated rings. The summed E-state index contributed by atoms with van der Waals surface area (Å²) < 4.78 is 13.8. The van der Waals surface area contributed by atoms with E-state index in [0.29, 0.717) is 12.2 Å². The summed E-state index contributed by atoms with van der Waals surface area (Å²) in [4.78, 5) is 9.07. The average Bonchev–Trinajstić information content (AvgIpc) is 3.16. The molecule has 3 rings (SSSR count). The highest BCUT2D eigenvalue weighted by atomic mass is 16.5. The fraction of sp³-hybridized carbons (Fsp3) is 0.810. The third-order valence-electron chi connectivity index (χ3n) is 5.93. The van der Waals surface area contributed by atoms with E-state index in [1.807, 2.05) is 25.0 Å². The second-order valence-corrected chi connectivity index (χ2v) is 8.36. The largest absolute Gasteiger partial charge is 0.376 e. The number of ether oxygens (including phenoxy) is 2. The summed E-state index contributed by atoms with van der Waals surface area (Å²) in [5.41, 5.74) is 1.21. The summed E-state index contributed by atoms with van der Waals surface area (Å²) >= 11 is 0. The molecular formula is C21H38N6O2. The monoisotopic (exact) mass is 406 g/mol. The molecule has 1 aromatic heterocycles. The normalized spacial score (nSPS) is 22.9. The first kappa shape index (κ1) is 22.1. The van der Waals surface area contributed by atoms with Gasteiger partial charge in [-0.3, -0.25) is 9.67 Å². The lowest BCUT2D eigenvalue weighted by Crippen LogP contribution is -2.48. The highest BCUT2D eigenvalue weighted by molar-refractivity contribution is 5.80. The Labute approximate surface area is 175 Å². The number of rotatable bonds is 7. The molecule has 2 atom stereocenters. The number of hydrogen-bond donors (Lipinski definition) is 1. The van der Waals surface area contributed by atoms with E-state index in [0.717, 1.165) is 58.1 Å². The van der Waals surface area contributed by atoms with E-state index < -0.39 is 0 Å². The molecule has 2 saturated heterocycles. The van der Waals surface area contributed by atoms with Crippen molar-refractivity contribution in [3.63, 3.8) is 0 Å². The number of aromatic nitrogens is 2. The summed E-state index contributed by atoms with van der Waals surface area (Å²) in [7, 11) is 8.01. The number of guanidine groups is 1. The number of likely N-dealkylation sites (tertiary alicyclic amines) is 1. The predicted octanol–water partition coefficient (Wildman–Crippen LogP) is 1.65. The minimum atomic E-state index is 0.247. The Bertz CT molecular complexity index is 633. The van der Waals surface area contributed by atoms with Crippen molar-refractivity contribution < 1.29 is 9.47 Å². The number of hydrogen-bond acceptors (Lipinski definition) is 5. The molecule has 0 bridgehead atoms.